The van der Waals surface area contributed by atoms with Crippen molar-refractivity contribution >= 4 is 23.3 Å². The number of hydrogen-bond donors (Lipinski definition) is 2. The van der Waals surface area contributed by atoms with Crippen LogP contribution in [-0.2, 0) is 9.53 Å². The Balaban J connectivity index is 2.27. The molecule has 0 bridgehead atoms. The van der Waals surface area contributed by atoms with Crippen LogP contribution < -0.4 is 5.32 Å². The highest BCUT2D eigenvalue weighted by Crippen LogP contribution is 2.24. The van der Waals surface area contributed by atoms with Gasteiger partial charge in [0.05, 0.1) is 6.61 Å². The molecule has 0 heterocycles. The van der Waals surface area contributed by atoms with Gasteiger partial charge in [-0.2, -0.15) is 0 Å². The van der Waals surface area contributed by atoms with Gasteiger partial charge >= 0.3 is 5.97 Å². The molecule has 0 amide bonds. The first-order valence-corrected chi connectivity index (χ1v) is 6.95. The van der Waals surface area contributed by atoms with Gasteiger partial charge in [-0.15, -0.1) is 0 Å². The van der Waals surface area contributed by atoms with Gasteiger partial charge in [0.15, 0.2) is 6.04 Å². The molecule has 0 aliphatic carbocycles. The van der Waals surface area contributed by atoms with Crippen molar-refractivity contribution in [2.24, 2.45) is 0 Å². The number of carbonyl (C=O) groups excluding carboxylic acids is 1. The number of halogens is 1. The molecular formula is C16H16ClNO3. The number of hydrogen-bond acceptors (Lipinski definition) is 4. The molecule has 110 valence electrons. The minimum absolute atomic E-state index is 0.0969. The average Bonchev–Trinajstić information content (AvgIpc) is 2.47. The Morgan fingerprint density at radius 1 is 1.29 bits per heavy atom. The first kappa shape index (κ1) is 15.2. The third-order valence-electron chi connectivity index (χ3n) is 2.88. The second-order valence-electron chi connectivity index (χ2n) is 4.43. The third-order valence-corrected chi connectivity index (χ3v) is 3.13. The van der Waals surface area contributed by atoms with Crippen molar-refractivity contribution in [2.45, 2.75) is 13.0 Å². The van der Waals surface area contributed by atoms with Gasteiger partial charge in [0.1, 0.15) is 5.75 Å². The van der Waals surface area contributed by atoms with Gasteiger partial charge in [-0.1, -0.05) is 23.7 Å². The highest BCUT2D eigenvalue weighted by Gasteiger charge is 2.22. The quantitative estimate of drug-likeness (QED) is 0.826. The van der Waals surface area contributed by atoms with E-state index in [1.807, 2.05) is 0 Å². The summed E-state index contributed by atoms with van der Waals surface area (Å²) < 4.78 is 5.09. The lowest BCUT2D eigenvalue weighted by Gasteiger charge is -2.19. The molecule has 0 aromatic heterocycles. The Labute approximate surface area is 128 Å². The van der Waals surface area contributed by atoms with E-state index in [1.165, 1.54) is 6.07 Å². The number of phenols is 1. The van der Waals surface area contributed by atoms with Gasteiger partial charge in [-0.25, -0.2) is 4.79 Å². The van der Waals surface area contributed by atoms with E-state index in [9.17, 15) is 9.90 Å². The van der Waals surface area contributed by atoms with Gasteiger partial charge in [0.2, 0.25) is 0 Å². The van der Waals surface area contributed by atoms with Gasteiger partial charge in [0.25, 0.3) is 0 Å². The van der Waals surface area contributed by atoms with Gasteiger partial charge in [0, 0.05) is 10.7 Å². The predicted molar refractivity (Wildman–Crippen MR) is 82.6 cm³/mol. The highest BCUT2D eigenvalue weighted by molar-refractivity contribution is 6.30. The Morgan fingerprint density at radius 2 is 2.00 bits per heavy atom. The zero-order chi connectivity index (χ0) is 15.2. The van der Waals surface area contributed by atoms with Crippen LogP contribution in [0.4, 0.5) is 5.69 Å². The van der Waals surface area contributed by atoms with Crippen LogP contribution in [0.5, 0.6) is 5.75 Å². The number of carbonyl (C=O) groups is 1. The minimum Gasteiger partial charge on any atom is -0.508 e. The fourth-order valence-corrected chi connectivity index (χ4v) is 2.05. The van der Waals surface area contributed by atoms with Crippen LogP contribution >= 0.6 is 11.6 Å². The number of nitrogens with one attached hydrogen (secondary N) is 1. The minimum atomic E-state index is -0.696. The van der Waals surface area contributed by atoms with Crippen LogP contribution in [0.3, 0.4) is 0 Å². The molecule has 1 atom stereocenters. The van der Waals surface area contributed by atoms with E-state index in [0.29, 0.717) is 10.6 Å². The Hall–Kier alpha value is -2.20. The van der Waals surface area contributed by atoms with Crippen molar-refractivity contribution in [3.05, 3.63) is 59.1 Å². The van der Waals surface area contributed by atoms with Crippen molar-refractivity contribution in [3.8, 4) is 5.75 Å². The van der Waals surface area contributed by atoms with E-state index in [0.717, 1.165) is 5.69 Å². The van der Waals surface area contributed by atoms with Crippen LogP contribution in [0.1, 0.15) is 18.5 Å². The molecule has 0 saturated carbocycles. The van der Waals surface area contributed by atoms with Crippen molar-refractivity contribution < 1.29 is 14.6 Å². The van der Waals surface area contributed by atoms with Crippen molar-refractivity contribution in [1.29, 1.82) is 0 Å². The number of phenolic OH excluding ortho intramolecular Hbond substituents is 1. The van der Waals surface area contributed by atoms with Crippen LogP contribution in [0.25, 0.3) is 0 Å². The van der Waals surface area contributed by atoms with Crippen molar-refractivity contribution in [3.63, 3.8) is 0 Å². The van der Waals surface area contributed by atoms with E-state index in [2.05, 4.69) is 5.32 Å². The van der Waals surface area contributed by atoms with Crippen LogP contribution in [0.2, 0.25) is 5.02 Å². The summed E-state index contributed by atoms with van der Waals surface area (Å²) in [7, 11) is 0. The van der Waals surface area contributed by atoms with Crippen molar-refractivity contribution in [2.75, 3.05) is 11.9 Å². The molecule has 0 radical (unpaired) electrons. The van der Waals surface area contributed by atoms with Gasteiger partial charge in [-0.3, -0.25) is 0 Å². The first-order chi connectivity index (χ1) is 10.1. The first-order valence-electron chi connectivity index (χ1n) is 6.58. The molecule has 0 saturated heterocycles. The maximum Gasteiger partial charge on any atom is 0.333 e. The number of rotatable bonds is 5. The Bertz CT molecular complexity index is 613. The lowest BCUT2D eigenvalue weighted by atomic mass is 10.1. The van der Waals surface area contributed by atoms with E-state index in [4.69, 9.17) is 16.3 Å². The summed E-state index contributed by atoms with van der Waals surface area (Å²) in [6.45, 7) is 2.04. The second kappa shape index (κ2) is 6.99. The standard InChI is InChI=1S/C16H16ClNO3/c1-2-21-16(20)15(11-4-3-5-14(19)10-11)18-13-8-6-12(17)7-9-13/h3-10,15,18-19H,2H2,1H3. The van der Waals surface area contributed by atoms with Gasteiger partial charge in [-0.05, 0) is 48.9 Å². The van der Waals surface area contributed by atoms with E-state index >= 15 is 0 Å². The number of ether oxygens (including phenoxy) is 1. The predicted octanol–water partition coefficient (Wildman–Crippen LogP) is 3.76. The summed E-state index contributed by atoms with van der Waals surface area (Å²) in [5.74, 6) is -0.308. The number of benzene rings is 2. The van der Waals surface area contributed by atoms with Crippen LogP contribution in [-0.4, -0.2) is 17.7 Å². The zero-order valence-electron chi connectivity index (χ0n) is 11.5. The van der Waals surface area contributed by atoms with E-state index < -0.39 is 12.0 Å². The molecule has 4 nitrogen and oxygen atoms in total. The van der Waals surface area contributed by atoms with Crippen LogP contribution in [0.15, 0.2) is 48.5 Å². The number of anilines is 1. The lowest BCUT2D eigenvalue weighted by molar-refractivity contribution is -0.144. The smallest absolute Gasteiger partial charge is 0.333 e. The monoisotopic (exact) mass is 305 g/mol. The molecule has 2 N–H and O–H groups in total. The maximum absolute atomic E-state index is 12.1. The molecule has 1 unspecified atom stereocenters. The summed E-state index contributed by atoms with van der Waals surface area (Å²) in [5, 5.41) is 13.3. The highest BCUT2D eigenvalue weighted by atomic mass is 35.5. The van der Waals surface area contributed by atoms with E-state index in [-0.39, 0.29) is 12.4 Å². The summed E-state index contributed by atoms with van der Waals surface area (Å²) in [4.78, 5) is 12.1. The van der Waals surface area contributed by atoms with Crippen molar-refractivity contribution in [1.82, 2.24) is 0 Å². The van der Waals surface area contributed by atoms with E-state index in [1.54, 1.807) is 49.4 Å². The molecule has 21 heavy (non-hydrogen) atoms. The maximum atomic E-state index is 12.1. The summed E-state index contributed by atoms with van der Waals surface area (Å²) in [6, 6.07) is 12.8. The molecule has 2 aromatic rings. The fourth-order valence-electron chi connectivity index (χ4n) is 1.92. The molecule has 2 aromatic carbocycles. The SMILES string of the molecule is CCOC(=O)C(Nc1ccc(Cl)cc1)c1cccc(O)c1. The largest absolute Gasteiger partial charge is 0.508 e. The summed E-state index contributed by atoms with van der Waals surface area (Å²) in [6.07, 6.45) is 0. The molecular weight excluding hydrogens is 290 g/mol. The molecule has 5 heteroatoms. The molecule has 2 rings (SSSR count). The topological polar surface area (TPSA) is 58.6 Å². The second-order valence-corrected chi connectivity index (χ2v) is 4.87. The summed E-state index contributed by atoms with van der Waals surface area (Å²) in [5.41, 5.74) is 1.36. The fraction of sp³-hybridized carbons (Fsp3) is 0.188. The Morgan fingerprint density at radius 3 is 2.62 bits per heavy atom. The Kier molecular flexibility index (Phi) is 5.06. The molecule has 0 aliphatic rings. The average molecular weight is 306 g/mol. The molecule has 0 fully saturated rings. The lowest BCUT2D eigenvalue weighted by Crippen LogP contribution is -2.23. The number of esters is 1. The number of aromatic hydroxyl groups is 1. The normalized spacial score (nSPS) is 11.7. The zero-order valence-corrected chi connectivity index (χ0v) is 12.3. The third kappa shape index (κ3) is 4.13. The summed E-state index contributed by atoms with van der Waals surface area (Å²) >= 11 is 5.85. The van der Waals surface area contributed by atoms with Gasteiger partial charge < -0.3 is 15.2 Å². The molecule has 0 aliphatic heterocycles. The molecule has 0 spiro atoms. The van der Waals surface area contributed by atoms with Crippen LogP contribution in [0, 0.1) is 0 Å².